The minimum absolute atomic E-state index is 0.196. The third-order valence-electron chi connectivity index (χ3n) is 4.44. The van der Waals surface area contributed by atoms with Crippen LogP contribution in [0.5, 0.6) is 5.75 Å². The van der Waals surface area contributed by atoms with Gasteiger partial charge in [-0.2, -0.15) is 0 Å². The van der Waals surface area contributed by atoms with Crippen LogP contribution in [0.3, 0.4) is 0 Å². The summed E-state index contributed by atoms with van der Waals surface area (Å²) in [6, 6.07) is 11.1. The Hall–Kier alpha value is -3.48. The van der Waals surface area contributed by atoms with Crippen molar-refractivity contribution >= 4 is 22.8 Å². The molecule has 0 atom stereocenters. The third kappa shape index (κ3) is 4.18. The first kappa shape index (κ1) is 20.3. The Balaban J connectivity index is 1.93. The lowest BCUT2D eigenvalue weighted by Gasteiger charge is -2.14. The van der Waals surface area contributed by atoms with Gasteiger partial charge in [0.15, 0.2) is 0 Å². The third-order valence-corrected chi connectivity index (χ3v) is 4.44. The number of nitrogens with zero attached hydrogens (tertiary/aromatic N) is 1. The van der Waals surface area contributed by atoms with Gasteiger partial charge in [0, 0.05) is 11.5 Å². The van der Waals surface area contributed by atoms with E-state index in [-0.39, 0.29) is 35.8 Å². The number of aryl methyl sites for hydroxylation is 1. The van der Waals surface area contributed by atoms with Gasteiger partial charge in [-0.3, -0.25) is 0 Å². The summed E-state index contributed by atoms with van der Waals surface area (Å²) in [5, 5.41) is 0.798. The molecule has 150 valence electrons. The lowest BCUT2D eigenvalue weighted by atomic mass is 10.0. The number of ether oxygens (including phenoxy) is 3. The van der Waals surface area contributed by atoms with Crippen molar-refractivity contribution in [1.29, 1.82) is 0 Å². The molecule has 2 aromatic carbocycles. The number of benzene rings is 2. The van der Waals surface area contributed by atoms with Crippen molar-refractivity contribution in [3.63, 3.8) is 0 Å². The summed E-state index contributed by atoms with van der Waals surface area (Å²) >= 11 is 0. The number of para-hydroxylation sites is 1. The van der Waals surface area contributed by atoms with E-state index in [1.807, 2.05) is 18.2 Å². The largest absolute Gasteiger partial charge is 0.497 e. The highest BCUT2D eigenvalue weighted by atomic mass is 19.1. The molecule has 0 fully saturated rings. The first-order valence-corrected chi connectivity index (χ1v) is 9.02. The van der Waals surface area contributed by atoms with E-state index in [1.165, 1.54) is 19.2 Å². The molecule has 0 saturated carbocycles. The zero-order valence-electron chi connectivity index (χ0n) is 16.3. The summed E-state index contributed by atoms with van der Waals surface area (Å²) in [5.41, 5.74) is 1.59. The molecule has 0 spiro atoms. The molecular weight excluding hydrogens is 377 g/mol. The monoisotopic (exact) mass is 397 g/mol. The number of methoxy groups -OCH3 is 1. The zero-order chi connectivity index (χ0) is 21.0. The molecule has 0 amide bonds. The van der Waals surface area contributed by atoms with Crippen molar-refractivity contribution in [3.05, 3.63) is 70.7 Å². The number of hydrogen-bond donors (Lipinski definition) is 0. The van der Waals surface area contributed by atoms with E-state index in [4.69, 9.17) is 14.2 Å². The first-order chi connectivity index (χ1) is 14.0. The van der Waals surface area contributed by atoms with Crippen molar-refractivity contribution < 1.29 is 28.2 Å². The summed E-state index contributed by atoms with van der Waals surface area (Å²) in [6.07, 6.45) is 0. The number of halogens is 1. The fraction of sp³-hybridized carbons (Fsp3) is 0.227. The van der Waals surface area contributed by atoms with Gasteiger partial charge >= 0.3 is 11.9 Å². The number of aromatic nitrogens is 1. The zero-order valence-corrected chi connectivity index (χ0v) is 16.3. The van der Waals surface area contributed by atoms with Gasteiger partial charge in [-0.15, -0.1) is 0 Å². The van der Waals surface area contributed by atoms with E-state index < -0.39 is 17.8 Å². The first-order valence-electron chi connectivity index (χ1n) is 9.02. The number of esters is 2. The van der Waals surface area contributed by atoms with Gasteiger partial charge in [0.1, 0.15) is 18.2 Å². The summed E-state index contributed by atoms with van der Waals surface area (Å²) in [6.45, 7) is 3.38. The van der Waals surface area contributed by atoms with E-state index in [9.17, 15) is 14.0 Å². The van der Waals surface area contributed by atoms with E-state index in [0.29, 0.717) is 11.1 Å². The molecule has 0 aliphatic carbocycles. The highest BCUT2D eigenvalue weighted by Crippen LogP contribution is 2.25. The molecule has 3 rings (SSSR count). The van der Waals surface area contributed by atoms with Crippen LogP contribution < -0.4 is 4.74 Å². The predicted molar refractivity (Wildman–Crippen MR) is 105 cm³/mol. The second-order valence-electron chi connectivity index (χ2n) is 6.22. The van der Waals surface area contributed by atoms with E-state index in [1.54, 1.807) is 19.9 Å². The number of fused-ring (bicyclic) bond motifs is 1. The molecule has 0 aliphatic heterocycles. The maximum absolute atomic E-state index is 14.1. The summed E-state index contributed by atoms with van der Waals surface area (Å²) in [7, 11) is 1.40. The molecule has 6 nitrogen and oxygen atoms in total. The molecular formula is C22H20FNO5. The van der Waals surface area contributed by atoms with Crippen LogP contribution in [0, 0.1) is 12.7 Å². The van der Waals surface area contributed by atoms with Crippen molar-refractivity contribution in [3.8, 4) is 5.75 Å². The second kappa shape index (κ2) is 8.68. The maximum atomic E-state index is 14.1. The normalized spacial score (nSPS) is 10.6. The lowest BCUT2D eigenvalue weighted by molar-refractivity contribution is 0.0440. The SMILES string of the molecule is CCOC(=O)c1c(COC(=O)c2ccc(OC)cc2F)nc2ccccc2c1C. The number of carbonyl (C=O) groups is 2. The van der Waals surface area contributed by atoms with Crippen LogP contribution in [0.1, 0.15) is 38.9 Å². The van der Waals surface area contributed by atoms with Crippen LogP contribution in [0.25, 0.3) is 10.9 Å². The van der Waals surface area contributed by atoms with Crippen molar-refractivity contribution in [2.75, 3.05) is 13.7 Å². The smallest absolute Gasteiger partial charge is 0.341 e. The van der Waals surface area contributed by atoms with Crippen LogP contribution in [0.2, 0.25) is 0 Å². The van der Waals surface area contributed by atoms with Crippen LogP contribution in [0.4, 0.5) is 4.39 Å². The number of hydrogen-bond acceptors (Lipinski definition) is 6. The molecule has 0 radical (unpaired) electrons. The minimum atomic E-state index is -0.868. The summed E-state index contributed by atoms with van der Waals surface area (Å²) in [5.74, 6) is -1.89. The molecule has 0 N–H and O–H groups in total. The molecule has 1 heterocycles. The molecule has 0 bridgehead atoms. The van der Waals surface area contributed by atoms with E-state index >= 15 is 0 Å². The Labute approximate surface area is 167 Å². The fourth-order valence-electron chi connectivity index (χ4n) is 3.02. The molecule has 1 aromatic heterocycles. The highest BCUT2D eigenvalue weighted by Gasteiger charge is 2.22. The molecule has 0 unspecified atom stereocenters. The number of rotatable bonds is 6. The molecule has 0 saturated heterocycles. The standard InChI is InChI=1S/C22H20FNO5/c1-4-28-22(26)20-13(2)15-7-5-6-8-18(15)24-19(20)12-29-21(25)16-10-9-14(27-3)11-17(16)23/h5-11H,4,12H2,1-3H3. The molecule has 29 heavy (non-hydrogen) atoms. The second-order valence-corrected chi connectivity index (χ2v) is 6.22. The van der Waals surface area contributed by atoms with Gasteiger partial charge in [-0.1, -0.05) is 18.2 Å². The van der Waals surface area contributed by atoms with Gasteiger partial charge in [0.2, 0.25) is 0 Å². The number of pyridine rings is 1. The van der Waals surface area contributed by atoms with Gasteiger partial charge in [0.25, 0.3) is 0 Å². The quantitative estimate of drug-likeness (QED) is 0.580. The van der Waals surface area contributed by atoms with E-state index in [2.05, 4.69) is 4.98 Å². The molecule has 3 aromatic rings. The van der Waals surface area contributed by atoms with Gasteiger partial charge in [-0.25, -0.2) is 19.0 Å². The average molecular weight is 397 g/mol. The minimum Gasteiger partial charge on any atom is -0.497 e. The predicted octanol–water partition coefficient (Wildman–Crippen LogP) is 4.22. The van der Waals surface area contributed by atoms with Crippen molar-refractivity contribution in [2.45, 2.75) is 20.5 Å². The Kier molecular flexibility index (Phi) is 6.07. The average Bonchev–Trinajstić information content (AvgIpc) is 2.72. The van der Waals surface area contributed by atoms with Crippen molar-refractivity contribution in [1.82, 2.24) is 4.98 Å². The Morgan fingerprint density at radius 2 is 1.83 bits per heavy atom. The summed E-state index contributed by atoms with van der Waals surface area (Å²) in [4.78, 5) is 29.3. The van der Waals surface area contributed by atoms with Crippen LogP contribution in [-0.4, -0.2) is 30.6 Å². The Morgan fingerprint density at radius 3 is 2.52 bits per heavy atom. The summed E-state index contributed by atoms with van der Waals surface area (Å²) < 4.78 is 29.4. The Morgan fingerprint density at radius 1 is 1.07 bits per heavy atom. The molecule has 7 heteroatoms. The number of carbonyl (C=O) groups excluding carboxylic acids is 2. The highest BCUT2D eigenvalue weighted by molar-refractivity contribution is 5.98. The van der Waals surface area contributed by atoms with Crippen LogP contribution in [-0.2, 0) is 16.1 Å². The van der Waals surface area contributed by atoms with Crippen LogP contribution in [0.15, 0.2) is 42.5 Å². The van der Waals surface area contributed by atoms with E-state index in [0.717, 1.165) is 11.5 Å². The fourth-order valence-corrected chi connectivity index (χ4v) is 3.02. The maximum Gasteiger partial charge on any atom is 0.341 e. The van der Waals surface area contributed by atoms with Gasteiger partial charge in [0.05, 0.1) is 36.1 Å². The van der Waals surface area contributed by atoms with Crippen molar-refractivity contribution in [2.24, 2.45) is 0 Å². The Bertz CT molecular complexity index is 1080. The molecule has 0 aliphatic rings. The topological polar surface area (TPSA) is 74.7 Å². The van der Waals surface area contributed by atoms with Gasteiger partial charge < -0.3 is 14.2 Å². The lowest BCUT2D eigenvalue weighted by Crippen LogP contribution is -2.15. The van der Waals surface area contributed by atoms with Gasteiger partial charge in [-0.05, 0) is 37.6 Å². The van der Waals surface area contributed by atoms with Crippen LogP contribution >= 0.6 is 0 Å².